The van der Waals surface area contributed by atoms with Gasteiger partial charge in [-0.15, -0.1) is 12.4 Å². The van der Waals surface area contributed by atoms with E-state index in [1.54, 1.807) is 7.11 Å². The molecule has 0 heterocycles. The number of fused-ring (bicyclic) bond motifs is 1. The number of ether oxygens (including phenoxy) is 1. The summed E-state index contributed by atoms with van der Waals surface area (Å²) in [4.78, 5) is 12.6. The van der Waals surface area contributed by atoms with E-state index < -0.39 is 0 Å². The topological polar surface area (TPSA) is 64.3 Å². The number of methoxy groups -OCH3 is 1. The molecule has 0 saturated heterocycles. The van der Waals surface area contributed by atoms with E-state index >= 15 is 0 Å². The van der Waals surface area contributed by atoms with Gasteiger partial charge in [-0.25, -0.2) is 0 Å². The highest BCUT2D eigenvalue weighted by Crippen LogP contribution is 2.31. The maximum atomic E-state index is 12.6. The van der Waals surface area contributed by atoms with Crippen molar-refractivity contribution in [2.75, 3.05) is 12.8 Å². The summed E-state index contributed by atoms with van der Waals surface area (Å²) in [5.41, 5.74) is 10.7. The third kappa shape index (κ3) is 4.08. The van der Waals surface area contributed by atoms with Crippen LogP contribution < -0.4 is 11.1 Å². The van der Waals surface area contributed by atoms with E-state index in [0.29, 0.717) is 12.2 Å². The molecular formula is C19H23ClN2O2. The summed E-state index contributed by atoms with van der Waals surface area (Å²) in [6.07, 6.45) is 3.04. The lowest BCUT2D eigenvalue weighted by Gasteiger charge is -2.26. The van der Waals surface area contributed by atoms with E-state index in [0.717, 1.165) is 30.5 Å². The number of carbonyl (C=O) groups is 1. The number of nitrogens with two attached hydrogens (primary N) is 1. The Morgan fingerprint density at radius 3 is 2.92 bits per heavy atom. The maximum Gasteiger partial charge on any atom is 0.251 e. The zero-order valence-corrected chi connectivity index (χ0v) is 14.6. The largest absolute Gasteiger partial charge is 0.399 e. The zero-order chi connectivity index (χ0) is 16.2. The molecule has 1 unspecified atom stereocenters. The van der Waals surface area contributed by atoms with Gasteiger partial charge < -0.3 is 15.8 Å². The van der Waals surface area contributed by atoms with Gasteiger partial charge in [0, 0.05) is 18.4 Å². The molecule has 0 aromatic heterocycles. The van der Waals surface area contributed by atoms with Gasteiger partial charge in [0.05, 0.1) is 12.6 Å². The number of nitrogens with one attached hydrogen (secondary N) is 1. The van der Waals surface area contributed by atoms with E-state index in [1.807, 2.05) is 42.5 Å². The number of hydrogen-bond donors (Lipinski definition) is 2. The van der Waals surface area contributed by atoms with Crippen molar-refractivity contribution in [3.8, 4) is 0 Å². The molecule has 2 aromatic carbocycles. The van der Waals surface area contributed by atoms with Crippen LogP contribution in [0.5, 0.6) is 0 Å². The Kier molecular flexibility index (Phi) is 6.23. The van der Waals surface area contributed by atoms with Crippen LogP contribution in [-0.2, 0) is 17.8 Å². The highest BCUT2D eigenvalue weighted by molar-refractivity contribution is 5.94. The van der Waals surface area contributed by atoms with Gasteiger partial charge in [0.2, 0.25) is 0 Å². The van der Waals surface area contributed by atoms with E-state index in [1.165, 1.54) is 11.1 Å². The fourth-order valence-corrected chi connectivity index (χ4v) is 3.19. The molecule has 1 amide bonds. The van der Waals surface area contributed by atoms with Gasteiger partial charge >= 0.3 is 0 Å². The molecule has 0 radical (unpaired) electrons. The van der Waals surface area contributed by atoms with Crippen LogP contribution in [0.2, 0.25) is 0 Å². The van der Waals surface area contributed by atoms with Gasteiger partial charge in [-0.05, 0) is 60.2 Å². The Bertz CT molecular complexity index is 718. The minimum atomic E-state index is -0.0439. The molecule has 1 atom stereocenters. The SMILES string of the molecule is COCc1cccc(C(=O)NC2CCCc3cc(N)ccc32)c1.Cl. The van der Waals surface area contributed by atoms with Crippen molar-refractivity contribution in [1.29, 1.82) is 0 Å². The second kappa shape index (κ2) is 8.18. The smallest absolute Gasteiger partial charge is 0.251 e. The average molecular weight is 347 g/mol. The van der Waals surface area contributed by atoms with Gasteiger partial charge in [-0.2, -0.15) is 0 Å². The Labute approximate surface area is 148 Å². The van der Waals surface area contributed by atoms with E-state index in [-0.39, 0.29) is 24.4 Å². The number of aryl methyl sites for hydroxylation is 1. The average Bonchev–Trinajstić information content (AvgIpc) is 2.55. The molecule has 0 fully saturated rings. The Morgan fingerprint density at radius 2 is 2.12 bits per heavy atom. The molecule has 2 aromatic rings. The van der Waals surface area contributed by atoms with E-state index in [9.17, 15) is 4.79 Å². The predicted molar refractivity (Wildman–Crippen MR) is 98.4 cm³/mol. The van der Waals surface area contributed by atoms with Crippen LogP contribution in [0.4, 0.5) is 5.69 Å². The summed E-state index contributed by atoms with van der Waals surface area (Å²) >= 11 is 0. The third-order valence-corrected chi connectivity index (χ3v) is 4.29. The summed E-state index contributed by atoms with van der Waals surface area (Å²) in [5.74, 6) is -0.0439. The summed E-state index contributed by atoms with van der Waals surface area (Å²) in [6, 6.07) is 13.6. The van der Waals surface area contributed by atoms with Crippen molar-refractivity contribution in [3.63, 3.8) is 0 Å². The van der Waals surface area contributed by atoms with E-state index in [4.69, 9.17) is 10.5 Å². The standard InChI is InChI=1S/C19H22N2O2.ClH/c1-23-12-13-4-2-6-15(10-13)19(22)21-18-7-3-5-14-11-16(20)8-9-17(14)18;/h2,4,6,8-11,18H,3,5,7,12,20H2,1H3,(H,21,22);1H. The van der Waals surface area contributed by atoms with Crippen molar-refractivity contribution < 1.29 is 9.53 Å². The van der Waals surface area contributed by atoms with Gasteiger partial charge in [-0.1, -0.05) is 18.2 Å². The lowest BCUT2D eigenvalue weighted by atomic mass is 9.87. The quantitative estimate of drug-likeness (QED) is 0.831. The number of hydrogen-bond acceptors (Lipinski definition) is 3. The molecule has 0 saturated carbocycles. The lowest BCUT2D eigenvalue weighted by Crippen LogP contribution is -2.31. The number of anilines is 1. The molecule has 3 N–H and O–H groups in total. The fraction of sp³-hybridized carbons (Fsp3) is 0.316. The van der Waals surface area contributed by atoms with Gasteiger partial charge in [0.15, 0.2) is 0 Å². The normalized spacial score (nSPS) is 16.0. The Morgan fingerprint density at radius 1 is 1.29 bits per heavy atom. The van der Waals surface area contributed by atoms with Crippen LogP contribution in [0.25, 0.3) is 0 Å². The fourth-order valence-electron chi connectivity index (χ4n) is 3.19. The molecule has 1 aliphatic carbocycles. The van der Waals surface area contributed by atoms with Crippen LogP contribution in [0, 0.1) is 0 Å². The van der Waals surface area contributed by atoms with E-state index in [2.05, 4.69) is 5.32 Å². The van der Waals surface area contributed by atoms with Crippen LogP contribution in [0.15, 0.2) is 42.5 Å². The third-order valence-electron chi connectivity index (χ3n) is 4.29. The molecule has 3 rings (SSSR count). The summed E-state index contributed by atoms with van der Waals surface area (Å²) in [7, 11) is 1.65. The summed E-state index contributed by atoms with van der Waals surface area (Å²) in [5, 5.41) is 3.16. The second-order valence-corrected chi connectivity index (χ2v) is 6.01. The number of amides is 1. The highest BCUT2D eigenvalue weighted by Gasteiger charge is 2.22. The van der Waals surface area contributed by atoms with Crippen LogP contribution in [0.3, 0.4) is 0 Å². The van der Waals surface area contributed by atoms with Crippen molar-refractivity contribution in [1.82, 2.24) is 5.32 Å². The van der Waals surface area contributed by atoms with Crippen molar-refractivity contribution in [2.24, 2.45) is 0 Å². The first-order valence-corrected chi connectivity index (χ1v) is 7.94. The first kappa shape index (κ1) is 18.3. The predicted octanol–water partition coefficient (Wildman–Crippen LogP) is 3.64. The van der Waals surface area contributed by atoms with Crippen molar-refractivity contribution in [3.05, 3.63) is 64.7 Å². The molecule has 4 nitrogen and oxygen atoms in total. The molecule has 0 bridgehead atoms. The summed E-state index contributed by atoms with van der Waals surface area (Å²) < 4.78 is 5.13. The van der Waals surface area contributed by atoms with Gasteiger partial charge in [0.1, 0.15) is 0 Å². The van der Waals surface area contributed by atoms with Gasteiger partial charge in [0.25, 0.3) is 5.91 Å². The van der Waals surface area contributed by atoms with Crippen molar-refractivity contribution >= 4 is 24.0 Å². The first-order valence-electron chi connectivity index (χ1n) is 7.94. The number of nitrogen functional groups attached to an aromatic ring is 1. The monoisotopic (exact) mass is 346 g/mol. The molecule has 128 valence electrons. The summed E-state index contributed by atoms with van der Waals surface area (Å²) in [6.45, 7) is 0.507. The highest BCUT2D eigenvalue weighted by atomic mass is 35.5. The number of halogens is 1. The number of carbonyl (C=O) groups excluding carboxylic acids is 1. The lowest BCUT2D eigenvalue weighted by molar-refractivity contribution is 0.0932. The first-order chi connectivity index (χ1) is 11.2. The number of benzene rings is 2. The second-order valence-electron chi connectivity index (χ2n) is 6.01. The molecule has 24 heavy (non-hydrogen) atoms. The minimum absolute atomic E-state index is 0. The Hall–Kier alpha value is -2.04. The molecule has 1 aliphatic rings. The van der Waals surface area contributed by atoms with Crippen molar-refractivity contribution in [2.45, 2.75) is 31.9 Å². The zero-order valence-electron chi connectivity index (χ0n) is 13.7. The van der Waals surface area contributed by atoms with Crippen LogP contribution in [-0.4, -0.2) is 13.0 Å². The Balaban J connectivity index is 0.00000208. The maximum absolute atomic E-state index is 12.6. The molecule has 5 heteroatoms. The van der Waals surface area contributed by atoms with Crippen LogP contribution in [0.1, 0.15) is 45.9 Å². The molecule has 0 aliphatic heterocycles. The van der Waals surface area contributed by atoms with Gasteiger partial charge in [-0.3, -0.25) is 4.79 Å². The molecular weight excluding hydrogens is 324 g/mol. The molecule has 0 spiro atoms. The number of rotatable bonds is 4. The minimum Gasteiger partial charge on any atom is -0.399 e. The van der Waals surface area contributed by atoms with Crippen LogP contribution >= 0.6 is 12.4 Å².